The lowest BCUT2D eigenvalue weighted by atomic mass is 10.1. The molecule has 2 heterocycles. The highest BCUT2D eigenvalue weighted by Crippen LogP contribution is 2.34. The number of thioether (sulfide) groups is 1. The van der Waals surface area contributed by atoms with Gasteiger partial charge in [0.2, 0.25) is 0 Å². The van der Waals surface area contributed by atoms with E-state index in [1.807, 2.05) is 13.8 Å². The normalized spacial score (nSPS) is 11.0. The zero-order valence-corrected chi connectivity index (χ0v) is 14.2. The van der Waals surface area contributed by atoms with Gasteiger partial charge in [-0.15, -0.1) is 11.3 Å². The summed E-state index contributed by atoms with van der Waals surface area (Å²) < 4.78 is 0. The molecular weight excluding hydrogens is 332 g/mol. The van der Waals surface area contributed by atoms with Crippen LogP contribution >= 0.6 is 23.1 Å². The topological polar surface area (TPSA) is 83.3 Å². The number of phenols is 2. The van der Waals surface area contributed by atoms with Crippen LogP contribution in [0.5, 0.6) is 11.5 Å². The molecule has 0 radical (unpaired) electrons. The number of rotatable bonds is 4. The molecule has 2 N–H and O–H groups in total. The fourth-order valence-corrected chi connectivity index (χ4v) is 4.19. The van der Waals surface area contributed by atoms with Gasteiger partial charge in [0.1, 0.15) is 16.2 Å². The van der Waals surface area contributed by atoms with E-state index in [2.05, 4.69) is 9.97 Å². The quantitative estimate of drug-likeness (QED) is 0.324. The lowest BCUT2D eigenvalue weighted by Crippen LogP contribution is -2.02. The molecule has 3 aromatic rings. The standard InChI is InChI=1S/C16H14N2O3S2/c1-8-9(2)23-16-14(8)15(17-7-18-16)22-6-13(21)10-3-4-11(19)12(20)5-10/h3-5,7,19-20H,6H2,1-2H3. The minimum Gasteiger partial charge on any atom is -0.504 e. The van der Waals surface area contributed by atoms with E-state index in [1.165, 1.54) is 41.2 Å². The minimum absolute atomic E-state index is 0.137. The van der Waals surface area contributed by atoms with Gasteiger partial charge in [-0.1, -0.05) is 11.8 Å². The number of aromatic nitrogens is 2. The molecule has 5 nitrogen and oxygen atoms in total. The number of nitrogens with zero attached hydrogens (tertiary/aromatic N) is 2. The number of hydrogen-bond donors (Lipinski definition) is 2. The van der Waals surface area contributed by atoms with E-state index in [1.54, 1.807) is 11.3 Å². The molecular formula is C16H14N2O3S2. The monoisotopic (exact) mass is 346 g/mol. The van der Waals surface area contributed by atoms with Crippen molar-refractivity contribution < 1.29 is 15.0 Å². The molecule has 7 heteroatoms. The maximum atomic E-state index is 12.3. The highest BCUT2D eigenvalue weighted by molar-refractivity contribution is 8.00. The Bertz CT molecular complexity index is 906. The van der Waals surface area contributed by atoms with Crippen molar-refractivity contribution in [3.63, 3.8) is 0 Å². The largest absolute Gasteiger partial charge is 0.504 e. The van der Waals surface area contributed by atoms with Crippen LogP contribution in [0.4, 0.5) is 0 Å². The van der Waals surface area contributed by atoms with Gasteiger partial charge >= 0.3 is 0 Å². The van der Waals surface area contributed by atoms with Crippen molar-refractivity contribution in [1.29, 1.82) is 0 Å². The Hall–Kier alpha value is -2.12. The second kappa shape index (κ2) is 6.17. The molecule has 0 spiro atoms. The average Bonchev–Trinajstić information content (AvgIpc) is 2.83. The lowest BCUT2D eigenvalue weighted by molar-refractivity contribution is 0.102. The molecule has 118 valence electrons. The molecule has 0 fully saturated rings. The average molecular weight is 346 g/mol. The SMILES string of the molecule is Cc1sc2ncnc(SCC(=O)c3ccc(O)c(O)c3)c2c1C. The highest BCUT2D eigenvalue weighted by atomic mass is 32.2. The predicted molar refractivity (Wildman–Crippen MR) is 91.7 cm³/mol. The van der Waals surface area contributed by atoms with Gasteiger partial charge in [-0.3, -0.25) is 4.79 Å². The van der Waals surface area contributed by atoms with Gasteiger partial charge in [0.25, 0.3) is 0 Å². The molecule has 0 saturated heterocycles. The summed E-state index contributed by atoms with van der Waals surface area (Å²) in [7, 11) is 0. The Morgan fingerprint density at radius 3 is 2.74 bits per heavy atom. The van der Waals surface area contributed by atoms with E-state index in [0.717, 1.165) is 20.8 Å². The van der Waals surface area contributed by atoms with E-state index >= 15 is 0 Å². The summed E-state index contributed by atoms with van der Waals surface area (Å²) in [5.41, 5.74) is 1.50. The van der Waals surface area contributed by atoms with Gasteiger partial charge in [0.05, 0.1) is 5.75 Å². The first kappa shape index (κ1) is 15.8. The van der Waals surface area contributed by atoms with Crippen molar-refractivity contribution in [2.75, 3.05) is 5.75 Å². The summed E-state index contributed by atoms with van der Waals surface area (Å²) in [6.07, 6.45) is 1.51. The van der Waals surface area contributed by atoms with Crippen molar-refractivity contribution >= 4 is 39.1 Å². The first-order valence-electron chi connectivity index (χ1n) is 6.86. The van der Waals surface area contributed by atoms with E-state index in [0.29, 0.717) is 5.56 Å². The van der Waals surface area contributed by atoms with Crippen LogP contribution in [0, 0.1) is 13.8 Å². The molecule has 0 aliphatic heterocycles. The second-order valence-electron chi connectivity index (χ2n) is 5.06. The summed E-state index contributed by atoms with van der Waals surface area (Å²) in [5, 5.41) is 20.6. The molecule has 0 unspecified atom stereocenters. The summed E-state index contributed by atoms with van der Waals surface area (Å²) in [6, 6.07) is 4.07. The maximum Gasteiger partial charge on any atom is 0.173 e. The zero-order valence-electron chi connectivity index (χ0n) is 12.5. The lowest BCUT2D eigenvalue weighted by Gasteiger charge is -2.04. The Morgan fingerprint density at radius 1 is 1.22 bits per heavy atom. The summed E-state index contributed by atoms with van der Waals surface area (Å²) >= 11 is 2.97. The molecule has 23 heavy (non-hydrogen) atoms. The van der Waals surface area contributed by atoms with Gasteiger partial charge in [-0.25, -0.2) is 9.97 Å². The van der Waals surface area contributed by atoms with Crippen molar-refractivity contribution in [2.45, 2.75) is 18.9 Å². The fraction of sp³-hybridized carbons (Fsp3) is 0.188. The number of Topliss-reactive ketones (excluding diaryl/α,β-unsaturated/α-hetero) is 1. The Labute approximate surface area is 141 Å². The van der Waals surface area contributed by atoms with Crippen LogP contribution in [0.15, 0.2) is 29.6 Å². The van der Waals surface area contributed by atoms with Gasteiger partial charge < -0.3 is 10.2 Å². The molecule has 0 aliphatic carbocycles. The van der Waals surface area contributed by atoms with E-state index in [9.17, 15) is 15.0 Å². The summed E-state index contributed by atoms with van der Waals surface area (Å²) in [6.45, 7) is 4.07. The third-order valence-electron chi connectivity index (χ3n) is 3.57. The zero-order chi connectivity index (χ0) is 16.6. The van der Waals surface area contributed by atoms with E-state index in [4.69, 9.17) is 0 Å². The third kappa shape index (κ3) is 3.02. The molecule has 0 aliphatic rings. The van der Waals surface area contributed by atoms with Crippen LogP contribution in [0.2, 0.25) is 0 Å². The molecule has 0 atom stereocenters. The molecule has 0 saturated carbocycles. The number of fused-ring (bicyclic) bond motifs is 1. The van der Waals surface area contributed by atoms with Crippen LogP contribution < -0.4 is 0 Å². The molecule has 0 bridgehead atoms. The van der Waals surface area contributed by atoms with Crippen LogP contribution in [0.25, 0.3) is 10.2 Å². The van der Waals surface area contributed by atoms with Crippen molar-refractivity contribution in [2.24, 2.45) is 0 Å². The Morgan fingerprint density at radius 2 is 2.00 bits per heavy atom. The van der Waals surface area contributed by atoms with Gasteiger partial charge in [0.15, 0.2) is 17.3 Å². The first-order chi connectivity index (χ1) is 11.0. The number of hydrogen-bond acceptors (Lipinski definition) is 7. The smallest absolute Gasteiger partial charge is 0.173 e. The molecule has 0 amide bonds. The van der Waals surface area contributed by atoms with Crippen LogP contribution in [-0.4, -0.2) is 31.7 Å². The van der Waals surface area contributed by atoms with Crippen molar-refractivity contribution in [3.05, 3.63) is 40.5 Å². The number of aryl methyl sites for hydroxylation is 2. The molecule has 2 aromatic heterocycles. The predicted octanol–water partition coefficient (Wildman–Crippen LogP) is 3.69. The number of aromatic hydroxyl groups is 2. The number of phenolic OH excluding ortho intramolecular Hbond substituents is 2. The molecule has 3 rings (SSSR count). The second-order valence-corrected chi connectivity index (χ2v) is 7.22. The summed E-state index contributed by atoms with van der Waals surface area (Å²) in [4.78, 5) is 22.9. The van der Waals surface area contributed by atoms with Crippen LogP contribution in [0.1, 0.15) is 20.8 Å². The number of carbonyl (C=O) groups excluding carboxylic acids is 1. The molecule has 1 aromatic carbocycles. The van der Waals surface area contributed by atoms with E-state index in [-0.39, 0.29) is 23.0 Å². The van der Waals surface area contributed by atoms with Gasteiger partial charge in [-0.05, 0) is 37.6 Å². The number of ketones is 1. The van der Waals surface area contributed by atoms with Crippen molar-refractivity contribution in [1.82, 2.24) is 9.97 Å². The maximum absolute atomic E-state index is 12.3. The third-order valence-corrected chi connectivity index (χ3v) is 5.67. The number of carbonyl (C=O) groups is 1. The van der Waals surface area contributed by atoms with Gasteiger partial charge in [-0.2, -0.15) is 0 Å². The number of benzene rings is 1. The van der Waals surface area contributed by atoms with Gasteiger partial charge in [0, 0.05) is 15.8 Å². The van der Waals surface area contributed by atoms with Crippen LogP contribution in [-0.2, 0) is 0 Å². The fourth-order valence-electron chi connectivity index (χ4n) is 2.17. The van der Waals surface area contributed by atoms with Crippen molar-refractivity contribution in [3.8, 4) is 11.5 Å². The Balaban J connectivity index is 1.83. The van der Waals surface area contributed by atoms with Crippen LogP contribution in [0.3, 0.4) is 0 Å². The highest BCUT2D eigenvalue weighted by Gasteiger charge is 2.15. The minimum atomic E-state index is -0.297. The number of thiophene rings is 1. The summed E-state index contributed by atoms with van der Waals surface area (Å²) in [5.74, 6) is -0.475. The Kier molecular flexibility index (Phi) is 4.23. The first-order valence-corrected chi connectivity index (χ1v) is 8.66. The van der Waals surface area contributed by atoms with E-state index < -0.39 is 0 Å².